The molecule has 3 aromatic rings. The lowest BCUT2D eigenvalue weighted by atomic mass is 9.87. The fourth-order valence-electron chi connectivity index (χ4n) is 3.49. The quantitative estimate of drug-likeness (QED) is 0.265. The third-order valence-corrected chi connectivity index (χ3v) is 5.09. The molecule has 0 saturated heterocycles. The molecule has 0 aliphatic carbocycles. The number of hydrogen-bond donors (Lipinski definition) is 6. The Hall–Kier alpha value is -5.52. The Kier molecular flexibility index (Phi) is 6.54. The van der Waals surface area contributed by atoms with Crippen molar-refractivity contribution in [2.75, 3.05) is 0 Å². The van der Waals surface area contributed by atoms with Gasteiger partial charge in [-0.15, -0.1) is 0 Å². The molecular weight excluding hydrogens is 480 g/mol. The molecule has 0 aliphatic rings. The van der Waals surface area contributed by atoms with E-state index in [9.17, 15) is 59.4 Å². The highest BCUT2D eigenvalue weighted by molar-refractivity contribution is 6.07. The summed E-state index contributed by atoms with van der Waals surface area (Å²) in [6, 6.07) is 7.48. The number of carboxylic acids is 6. The molecular formula is C24H14O12. The van der Waals surface area contributed by atoms with Crippen LogP contribution in [-0.4, -0.2) is 66.5 Å². The lowest BCUT2D eigenvalue weighted by molar-refractivity contribution is 0.0651. The molecule has 6 N–H and O–H groups in total. The smallest absolute Gasteiger partial charge is 0.336 e. The van der Waals surface area contributed by atoms with Crippen LogP contribution in [0.1, 0.15) is 62.1 Å². The van der Waals surface area contributed by atoms with E-state index in [-0.39, 0.29) is 22.3 Å². The minimum Gasteiger partial charge on any atom is -0.478 e. The van der Waals surface area contributed by atoms with Crippen LogP contribution in [0.4, 0.5) is 0 Å². The molecule has 0 bridgehead atoms. The maximum atomic E-state index is 11.8. The molecule has 0 saturated carbocycles. The fraction of sp³-hybridized carbons (Fsp3) is 0. The Labute approximate surface area is 199 Å². The van der Waals surface area contributed by atoms with Crippen molar-refractivity contribution in [3.05, 3.63) is 81.9 Å². The summed E-state index contributed by atoms with van der Waals surface area (Å²) in [4.78, 5) is 69.9. The molecule has 12 nitrogen and oxygen atoms in total. The predicted octanol–water partition coefficient (Wildman–Crippen LogP) is 3.21. The van der Waals surface area contributed by atoms with Crippen LogP contribution in [0.5, 0.6) is 0 Å². The van der Waals surface area contributed by atoms with E-state index in [0.29, 0.717) is 0 Å². The molecule has 3 aromatic carbocycles. The molecule has 0 aromatic heterocycles. The van der Waals surface area contributed by atoms with E-state index >= 15 is 0 Å². The van der Waals surface area contributed by atoms with E-state index in [1.807, 2.05) is 0 Å². The molecule has 0 unspecified atom stereocenters. The van der Waals surface area contributed by atoms with E-state index < -0.39 is 69.2 Å². The third-order valence-electron chi connectivity index (χ3n) is 5.09. The SMILES string of the molecule is O=C(O)c1cc(C(=O)O)cc(-c2cc(C(=O)O)c(C(=O)O)cc2-c2cc(C(=O)O)cc(C(=O)O)c2)c1. The van der Waals surface area contributed by atoms with Crippen molar-refractivity contribution in [1.82, 2.24) is 0 Å². The first-order valence-corrected chi connectivity index (χ1v) is 9.69. The van der Waals surface area contributed by atoms with Gasteiger partial charge in [0.25, 0.3) is 0 Å². The number of aromatic carboxylic acids is 6. The summed E-state index contributed by atoms with van der Waals surface area (Å²) in [7, 11) is 0. The van der Waals surface area contributed by atoms with E-state index in [1.54, 1.807) is 0 Å². The highest BCUT2D eigenvalue weighted by atomic mass is 16.4. The van der Waals surface area contributed by atoms with Crippen molar-refractivity contribution >= 4 is 35.8 Å². The molecule has 0 heterocycles. The van der Waals surface area contributed by atoms with Gasteiger partial charge in [0.15, 0.2) is 0 Å². The zero-order chi connectivity index (χ0) is 26.9. The number of carbonyl (C=O) groups is 6. The summed E-state index contributed by atoms with van der Waals surface area (Å²) in [5.74, 6) is -9.38. The van der Waals surface area contributed by atoms with Crippen LogP contribution in [0.3, 0.4) is 0 Å². The Morgan fingerprint density at radius 1 is 0.361 bits per heavy atom. The second-order valence-electron chi connectivity index (χ2n) is 7.37. The molecule has 182 valence electrons. The third kappa shape index (κ3) is 4.87. The standard InChI is InChI=1S/C24H14O12/c25-19(26)11-1-9(2-12(5-11)20(27)28)15-7-17(23(33)34)18(24(35)36)8-16(15)10-3-13(21(29)30)6-14(4-10)22(31)32/h1-8H,(H,25,26)(H,27,28)(H,29,30)(H,31,32)(H,33,34)(H,35,36). The summed E-state index contributed by atoms with van der Waals surface area (Å²) < 4.78 is 0. The first-order chi connectivity index (χ1) is 16.8. The Bertz CT molecular complexity index is 1320. The molecule has 0 atom stereocenters. The second kappa shape index (κ2) is 9.38. The highest BCUT2D eigenvalue weighted by Crippen LogP contribution is 2.37. The van der Waals surface area contributed by atoms with Crippen LogP contribution in [0.2, 0.25) is 0 Å². The largest absolute Gasteiger partial charge is 0.478 e. The number of benzene rings is 3. The van der Waals surface area contributed by atoms with Gasteiger partial charge >= 0.3 is 35.8 Å². The summed E-state index contributed by atoms with van der Waals surface area (Å²) in [6.07, 6.45) is 0. The summed E-state index contributed by atoms with van der Waals surface area (Å²) in [6.45, 7) is 0. The zero-order valence-corrected chi connectivity index (χ0v) is 17.8. The molecule has 0 radical (unpaired) electrons. The van der Waals surface area contributed by atoms with Gasteiger partial charge in [-0.2, -0.15) is 0 Å². The van der Waals surface area contributed by atoms with E-state index in [2.05, 4.69) is 0 Å². The van der Waals surface area contributed by atoms with Crippen molar-refractivity contribution in [2.45, 2.75) is 0 Å². The van der Waals surface area contributed by atoms with Crippen LogP contribution in [0, 0.1) is 0 Å². The predicted molar refractivity (Wildman–Crippen MR) is 119 cm³/mol. The van der Waals surface area contributed by atoms with E-state index in [0.717, 1.165) is 48.5 Å². The number of hydrogen-bond acceptors (Lipinski definition) is 6. The van der Waals surface area contributed by atoms with Crippen LogP contribution < -0.4 is 0 Å². The highest BCUT2D eigenvalue weighted by Gasteiger charge is 2.24. The first-order valence-electron chi connectivity index (χ1n) is 9.69. The minimum atomic E-state index is -1.67. The Morgan fingerprint density at radius 2 is 0.611 bits per heavy atom. The number of carboxylic acid groups (broad SMARTS) is 6. The topological polar surface area (TPSA) is 224 Å². The molecule has 0 amide bonds. The maximum absolute atomic E-state index is 11.8. The Morgan fingerprint density at radius 3 is 0.806 bits per heavy atom. The van der Waals surface area contributed by atoms with Crippen LogP contribution in [0.15, 0.2) is 48.5 Å². The summed E-state index contributed by atoms with van der Waals surface area (Å²) >= 11 is 0. The Balaban J connectivity index is 2.52. The van der Waals surface area contributed by atoms with Gasteiger partial charge in [-0.3, -0.25) is 0 Å². The molecule has 0 spiro atoms. The fourth-order valence-corrected chi connectivity index (χ4v) is 3.49. The minimum absolute atomic E-state index is 0.153. The molecule has 3 rings (SSSR count). The zero-order valence-electron chi connectivity index (χ0n) is 17.8. The van der Waals surface area contributed by atoms with E-state index in [1.165, 1.54) is 0 Å². The normalized spacial score (nSPS) is 10.4. The second-order valence-corrected chi connectivity index (χ2v) is 7.37. The van der Waals surface area contributed by atoms with Crippen LogP contribution in [-0.2, 0) is 0 Å². The lowest BCUT2D eigenvalue weighted by Crippen LogP contribution is -2.10. The monoisotopic (exact) mass is 494 g/mol. The lowest BCUT2D eigenvalue weighted by Gasteiger charge is -2.16. The van der Waals surface area contributed by atoms with Crippen molar-refractivity contribution in [3.8, 4) is 22.3 Å². The summed E-state index contributed by atoms with van der Waals surface area (Å²) in [5.41, 5.74) is -4.07. The van der Waals surface area contributed by atoms with Gasteiger partial charge in [0.05, 0.1) is 33.4 Å². The molecule has 0 fully saturated rings. The van der Waals surface area contributed by atoms with E-state index in [4.69, 9.17) is 0 Å². The van der Waals surface area contributed by atoms with Gasteiger partial charge < -0.3 is 30.6 Å². The average Bonchev–Trinajstić information content (AvgIpc) is 2.82. The van der Waals surface area contributed by atoms with Gasteiger partial charge in [-0.1, -0.05) is 0 Å². The van der Waals surface area contributed by atoms with Gasteiger partial charge in [0.2, 0.25) is 0 Å². The van der Waals surface area contributed by atoms with Crippen molar-refractivity contribution in [2.24, 2.45) is 0 Å². The molecule has 12 heteroatoms. The molecule has 36 heavy (non-hydrogen) atoms. The van der Waals surface area contributed by atoms with Crippen LogP contribution in [0.25, 0.3) is 22.3 Å². The van der Waals surface area contributed by atoms with Crippen LogP contribution >= 0.6 is 0 Å². The average molecular weight is 494 g/mol. The maximum Gasteiger partial charge on any atom is 0.336 e. The van der Waals surface area contributed by atoms with Gasteiger partial charge in [0, 0.05) is 0 Å². The van der Waals surface area contributed by atoms with Gasteiger partial charge in [-0.05, 0) is 70.8 Å². The first kappa shape index (κ1) is 25.1. The summed E-state index contributed by atoms with van der Waals surface area (Å²) in [5, 5.41) is 56.8. The number of rotatable bonds is 8. The van der Waals surface area contributed by atoms with Gasteiger partial charge in [0.1, 0.15) is 0 Å². The van der Waals surface area contributed by atoms with Crippen molar-refractivity contribution < 1.29 is 59.4 Å². The van der Waals surface area contributed by atoms with Crippen molar-refractivity contribution in [1.29, 1.82) is 0 Å². The molecule has 0 aliphatic heterocycles. The van der Waals surface area contributed by atoms with Gasteiger partial charge in [-0.25, -0.2) is 28.8 Å². The van der Waals surface area contributed by atoms with Crippen molar-refractivity contribution in [3.63, 3.8) is 0 Å².